The zero-order chi connectivity index (χ0) is 14.6. The summed E-state index contributed by atoms with van der Waals surface area (Å²) in [6.07, 6.45) is 2.71. The highest BCUT2D eigenvalue weighted by Crippen LogP contribution is 2.19. The van der Waals surface area contributed by atoms with Gasteiger partial charge in [-0.25, -0.2) is 18.1 Å². The number of rotatable bonds is 6. The summed E-state index contributed by atoms with van der Waals surface area (Å²) in [5, 5.41) is 6.98. The molecule has 0 aliphatic rings. The summed E-state index contributed by atoms with van der Waals surface area (Å²) in [5.74, 6) is 0.742. The first kappa shape index (κ1) is 15.0. The molecule has 1 aromatic carbocycles. The number of nitrogens with zero attached hydrogens (tertiary/aromatic N) is 2. The molecule has 2 aromatic rings. The van der Waals surface area contributed by atoms with Crippen LogP contribution in [0.25, 0.3) is 0 Å². The molecule has 6 nitrogen and oxygen atoms in total. The Kier molecular flexibility index (Phi) is 4.74. The van der Waals surface area contributed by atoms with E-state index in [1.165, 1.54) is 12.4 Å². The van der Waals surface area contributed by atoms with Crippen molar-refractivity contribution < 1.29 is 8.42 Å². The molecule has 0 saturated carbocycles. The topological polar surface area (TPSA) is 87.7 Å². The molecular weight excluding hydrogens is 300 g/mol. The normalized spacial score (nSPS) is 11.7. The molecule has 108 valence electrons. The van der Waals surface area contributed by atoms with E-state index in [0.29, 0.717) is 30.0 Å². The van der Waals surface area contributed by atoms with Crippen molar-refractivity contribution in [3.63, 3.8) is 0 Å². The molecule has 0 saturated heterocycles. The molecular formula is C12H15ClN4O2S. The maximum absolute atomic E-state index is 12.1. The zero-order valence-corrected chi connectivity index (χ0v) is 12.5. The van der Waals surface area contributed by atoms with Crippen LogP contribution < -0.4 is 4.72 Å². The maximum Gasteiger partial charge on any atom is 0.240 e. The second-order valence-electron chi connectivity index (χ2n) is 4.34. The van der Waals surface area contributed by atoms with Crippen LogP contribution in [0.3, 0.4) is 0 Å². The van der Waals surface area contributed by atoms with Gasteiger partial charge in [-0.15, -0.1) is 0 Å². The first-order valence-electron chi connectivity index (χ1n) is 6.09. The molecule has 8 heteroatoms. The average molecular weight is 315 g/mol. The minimum absolute atomic E-state index is 0.251. The van der Waals surface area contributed by atoms with E-state index in [2.05, 4.69) is 19.9 Å². The Morgan fingerprint density at radius 2 is 2.20 bits per heavy atom. The molecule has 2 N–H and O–H groups in total. The quantitative estimate of drug-likeness (QED) is 0.794. The second kappa shape index (κ2) is 6.34. The number of hydrogen-bond acceptors (Lipinski definition) is 4. The Morgan fingerprint density at radius 1 is 1.40 bits per heavy atom. The first-order valence-corrected chi connectivity index (χ1v) is 7.95. The molecule has 0 atom stereocenters. The second-order valence-corrected chi connectivity index (χ2v) is 6.52. The Morgan fingerprint density at radius 3 is 2.85 bits per heavy atom. The van der Waals surface area contributed by atoms with Crippen molar-refractivity contribution >= 4 is 21.6 Å². The zero-order valence-electron chi connectivity index (χ0n) is 10.9. The molecule has 0 bridgehead atoms. The summed E-state index contributed by atoms with van der Waals surface area (Å²) in [7, 11) is -3.50. The predicted molar refractivity (Wildman–Crippen MR) is 76.1 cm³/mol. The molecule has 1 heterocycles. The number of benzene rings is 1. The Labute approximate surface area is 122 Å². The van der Waals surface area contributed by atoms with E-state index in [9.17, 15) is 8.42 Å². The van der Waals surface area contributed by atoms with Crippen LogP contribution >= 0.6 is 11.6 Å². The summed E-state index contributed by atoms with van der Waals surface area (Å²) in [6.45, 7) is 2.06. The van der Waals surface area contributed by atoms with Gasteiger partial charge in [-0.1, -0.05) is 11.6 Å². The smallest absolute Gasteiger partial charge is 0.240 e. The van der Waals surface area contributed by atoms with Crippen molar-refractivity contribution in [3.8, 4) is 0 Å². The van der Waals surface area contributed by atoms with Crippen molar-refractivity contribution in [1.82, 2.24) is 19.9 Å². The van der Waals surface area contributed by atoms with Crippen molar-refractivity contribution in [2.24, 2.45) is 0 Å². The van der Waals surface area contributed by atoms with E-state index in [1.54, 1.807) is 19.1 Å². The highest BCUT2D eigenvalue weighted by atomic mass is 35.5. The van der Waals surface area contributed by atoms with Crippen molar-refractivity contribution in [2.75, 3.05) is 6.54 Å². The number of aromatic nitrogens is 3. The standard InChI is InChI=1S/C12H15ClN4O2S/c1-9-7-10(13)4-5-11(9)20(18,19)16-6-2-3-12-14-8-15-17-12/h4-5,7-8,16H,2-3,6H2,1H3,(H,14,15,17). The lowest BCUT2D eigenvalue weighted by atomic mass is 10.2. The molecule has 0 unspecified atom stereocenters. The van der Waals surface area contributed by atoms with Gasteiger partial charge in [-0.3, -0.25) is 5.10 Å². The number of nitrogens with one attached hydrogen (secondary N) is 2. The fraction of sp³-hybridized carbons (Fsp3) is 0.333. The molecule has 1 aromatic heterocycles. The van der Waals surface area contributed by atoms with Crippen molar-refractivity contribution in [1.29, 1.82) is 0 Å². The van der Waals surface area contributed by atoms with Crippen LogP contribution in [0, 0.1) is 6.92 Å². The molecule has 20 heavy (non-hydrogen) atoms. The first-order chi connectivity index (χ1) is 9.49. The average Bonchev–Trinajstić information content (AvgIpc) is 2.87. The van der Waals surface area contributed by atoms with Gasteiger partial charge in [0.15, 0.2) is 0 Å². The maximum atomic E-state index is 12.1. The highest BCUT2D eigenvalue weighted by molar-refractivity contribution is 7.89. The lowest BCUT2D eigenvalue weighted by Gasteiger charge is -2.09. The minimum atomic E-state index is -3.50. The van der Waals surface area contributed by atoms with Gasteiger partial charge < -0.3 is 0 Å². The van der Waals surface area contributed by atoms with Crippen LogP contribution in [0.2, 0.25) is 5.02 Å². The van der Waals surface area contributed by atoms with E-state index in [-0.39, 0.29) is 4.90 Å². The van der Waals surface area contributed by atoms with E-state index in [4.69, 9.17) is 11.6 Å². The molecule has 2 rings (SSSR count). The van der Waals surface area contributed by atoms with Crippen LogP contribution in [0.1, 0.15) is 17.8 Å². The monoisotopic (exact) mass is 314 g/mol. The number of halogens is 1. The fourth-order valence-corrected chi connectivity index (χ4v) is 3.33. The summed E-state index contributed by atoms with van der Waals surface area (Å²) in [6, 6.07) is 4.71. The molecule has 0 aliphatic carbocycles. The third-order valence-electron chi connectivity index (χ3n) is 2.77. The SMILES string of the molecule is Cc1cc(Cl)ccc1S(=O)(=O)NCCCc1ncn[nH]1. The van der Waals surface area contributed by atoms with Gasteiger partial charge in [-0.2, -0.15) is 5.10 Å². The van der Waals surface area contributed by atoms with Crippen LogP contribution in [-0.4, -0.2) is 30.1 Å². The van der Waals surface area contributed by atoms with Crippen LogP contribution in [0.5, 0.6) is 0 Å². The van der Waals surface area contributed by atoms with E-state index >= 15 is 0 Å². The molecule has 0 fully saturated rings. The van der Waals surface area contributed by atoms with Crippen molar-refractivity contribution in [2.45, 2.75) is 24.7 Å². The van der Waals surface area contributed by atoms with Gasteiger partial charge in [0.05, 0.1) is 4.90 Å². The summed E-state index contributed by atoms with van der Waals surface area (Å²) in [5.41, 5.74) is 0.625. The van der Waals surface area contributed by atoms with Crippen molar-refractivity contribution in [3.05, 3.63) is 40.9 Å². The van der Waals surface area contributed by atoms with Gasteiger partial charge in [0.25, 0.3) is 0 Å². The lowest BCUT2D eigenvalue weighted by Crippen LogP contribution is -2.25. The number of H-pyrrole nitrogens is 1. The number of hydrogen-bond donors (Lipinski definition) is 2. The van der Waals surface area contributed by atoms with Gasteiger partial charge >= 0.3 is 0 Å². The van der Waals surface area contributed by atoms with Gasteiger partial charge in [-0.05, 0) is 37.1 Å². The Balaban J connectivity index is 1.93. The number of aryl methyl sites for hydroxylation is 2. The van der Waals surface area contributed by atoms with Gasteiger partial charge in [0.2, 0.25) is 10.0 Å². The molecule has 0 aliphatic heterocycles. The third kappa shape index (κ3) is 3.78. The third-order valence-corrected chi connectivity index (χ3v) is 4.63. The summed E-state index contributed by atoms with van der Waals surface area (Å²) in [4.78, 5) is 4.23. The largest absolute Gasteiger partial charge is 0.263 e. The summed E-state index contributed by atoms with van der Waals surface area (Å²) >= 11 is 5.82. The number of sulfonamides is 1. The Hall–Kier alpha value is -1.44. The minimum Gasteiger partial charge on any atom is -0.263 e. The van der Waals surface area contributed by atoms with E-state index in [1.807, 2.05) is 0 Å². The van der Waals surface area contributed by atoms with E-state index in [0.717, 1.165) is 5.82 Å². The molecule has 0 amide bonds. The van der Waals surface area contributed by atoms with Crippen LogP contribution in [0.15, 0.2) is 29.4 Å². The fourth-order valence-electron chi connectivity index (χ4n) is 1.81. The predicted octanol–water partition coefficient (Wildman–Crippen LogP) is 1.68. The highest BCUT2D eigenvalue weighted by Gasteiger charge is 2.16. The molecule has 0 radical (unpaired) electrons. The van der Waals surface area contributed by atoms with E-state index < -0.39 is 10.0 Å². The lowest BCUT2D eigenvalue weighted by molar-refractivity contribution is 0.577. The van der Waals surface area contributed by atoms with Crippen LogP contribution in [-0.2, 0) is 16.4 Å². The van der Waals surface area contributed by atoms with Gasteiger partial charge in [0, 0.05) is 18.0 Å². The van der Waals surface area contributed by atoms with Crippen LogP contribution in [0.4, 0.5) is 0 Å². The summed E-state index contributed by atoms with van der Waals surface area (Å²) < 4.78 is 26.8. The molecule has 0 spiro atoms. The Bertz CT molecular complexity index is 671. The van der Waals surface area contributed by atoms with Gasteiger partial charge in [0.1, 0.15) is 12.2 Å². The number of aromatic amines is 1.